The maximum absolute atomic E-state index is 11.6. The lowest BCUT2D eigenvalue weighted by Crippen LogP contribution is -2.44. The van der Waals surface area contributed by atoms with E-state index in [0.717, 1.165) is 0 Å². The maximum Gasteiger partial charge on any atom is 0.408 e. The highest BCUT2D eigenvalue weighted by Crippen LogP contribution is 2.06. The molecule has 0 aromatic heterocycles. The molecule has 1 atom stereocenters. The van der Waals surface area contributed by atoms with E-state index < -0.39 is 11.7 Å². The zero-order valence-corrected chi connectivity index (χ0v) is 12.7. The predicted molar refractivity (Wildman–Crippen MR) is 76.1 cm³/mol. The van der Waals surface area contributed by atoms with E-state index in [2.05, 4.69) is 16.9 Å². The van der Waals surface area contributed by atoms with Crippen molar-refractivity contribution in [2.75, 3.05) is 20.7 Å². The number of methoxy groups -OCH3 is 1. The first-order valence-electron chi connectivity index (χ1n) is 6.11. The number of amides is 1. The van der Waals surface area contributed by atoms with Crippen LogP contribution in [0.15, 0.2) is 17.8 Å². The van der Waals surface area contributed by atoms with Gasteiger partial charge in [-0.3, -0.25) is 0 Å². The van der Waals surface area contributed by atoms with Crippen LogP contribution < -0.4 is 5.32 Å². The third-order valence-corrected chi connectivity index (χ3v) is 2.32. The summed E-state index contributed by atoms with van der Waals surface area (Å²) < 4.78 is 10.3. The minimum atomic E-state index is -0.522. The molecule has 0 aromatic rings. The molecule has 0 spiro atoms. The van der Waals surface area contributed by atoms with E-state index in [1.165, 1.54) is 6.20 Å². The van der Waals surface area contributed by atoms with E-state index in [4.69, 9.17) is 9.47 Å². The quantitative estimate of drug-likeness (QED) is 0.472. The number of carbonyl (C=O) groups is 1. The summed E-state index contributed by atoms with van der Waals surface area (Å²) in [6, 6.07) is 0. The van der Waals surface area contributed by atoms with Crippen LogP contribution in [0.3, 0.4) is 0 Å². The molecule has 0 radical (unpaired) electrons. The van der Waals surface area contributed by atoms with Crippen LogP contribution in [0, 0.1) is 0 Å². The molecular formula is C13H25N3O3. The van der Waals surface area contributed by atoms with Crippen molar-refractivity contribution >= 4 is 11.9 Å². The summed E-state index contributed by atoms with van der Waals surface area (Å²) in [6.45, 7) is 11.1. The zero-order chi connectivity index (χ0) is 15.1. The summed E-state index contributed by atoms with van der Waals surface area (Å²) in [5.74, 6) is 0.634. The Labute approximate surface area is 115 Å². The second-order valence-electron chi connectivity index (χ2n) is 5.03. The Hall–Kier alpha value is -1.56. The van der Waals surface area contributed by atoms with Crippen LogP contribution >= 0.6 is 0 Å². The summed E-state index contributed by atoms with van der Waals surface area (Å²) >= 11 is 0. The van der Waals surface area contributed by atoms with Gasteiger partial charge in [0.1, 0.15) is 17.7 Å². The fourth-order valence-corrected chi connectivity index (χ4v) is 1.20. The van der Waals surface area contributed by atoms with Gasteiger partial charge in [0.25, 0.3) is 0 Å². The molecule has 0 aliphatic heterocycles. The van der Waals surface area contributed by atoms with E-state index in [9.17, 15) is 4.79 Å². The third-order valence-electron chi connectivity index (χ3n) is 2.32. The second kappa shape index (κ2) is 7.78. The Morgan fingerprint density at radius 1 is 1.53 bits per heavy atom. The molecule has 0 heterocycles. The van der Waals surface area contributed by atoms with Crippen molar-refractivity contribution in [1.29, 1.82) is 0 Å². The van der Waals surface area contributed by atoms with Crippen LogP contribution in [0.2, 0.25) is 0 Å². The lowest BCUT2D eigenvalue weighted by molar-refractivity contribution is 0.0333. The van der Waals surface area contributed by atoms with Crippen molar-refractivity contribution in [3.8, 4) is 0 Å². The number of carbonyl (C=O) groups excluding carboxylic acids is 1. The van der Waals surface area contributed by atoms with Crippen LogP contribution in [0.4, 0.5) is 4.79 Å². The van der Waals surface area contributed by atoms with Gasteiger partial charge in [0.05, 0.1) is 6.54 Å². The first kappa shape index (κ1) is 17.4. The van der Waals surface area contributed by atoms with Crippen LogP contribution in [-0.2, 0) is 9.47 Å². The highest BCUT2D eigenvalue weighted by Gasteiger charge is 2.18. The summed E-state index contributed by atoms with van der Waals surface area (Å²) in [6.07, 6.45) is 0.784. The Morgan fingerprint density at radius 3 is 2.53 bits per heavy atom. The summed E-state index contributed by atoms with van der Waals surface area (Å²) in [5.41, 5.74) is -0.522. The van der Waals surface area contributed by atoms with Gasteiger partial charge in [-0.05, 0) is 27.7 Å². The summed E-state index contributed by atoms with van der Waals surface area (Å²) in [5, 5.41) is 2.65. The summed E-state index contributed by atoms with van der Waals surface area (Å²) in [7, 11) is 3.43. The van der Waals surface area contributed by atoms with Gasteiger partial charge >= 0.3 is 6.09 Å². The van der Waals surface area contributed by atoms with E-state index in [-0.39, 0.29) is 12.8 Å². The molecule has 0 saturated carbocycles. The molecule has 6 heteroatoms. The average Bonchev–Trinajstić information content (AvgIpc) is 2.30. The monoisotopic (exact) mass is 271 g/mol. The lowest BCUT2D eigenvalue weighted by atomic mass is 10.2. The predicted octanol–water partition coefficient (Wildman–Crippen LogP) is 1.98. The molecule has 0 bridgehead atoms. The minimum absolute atomic E-state index is 0.154. The molecule has 6 nitrogen and oxygen atoms in total. The van der Waals surface area contributed by atoms with E-state index >= 15 is 0 Å². The van der Waals surface area contributed by atoms with Crippen molar-refractivity contribution in [2.24, 2.45) is 4.99 Å². The van der Waals surface area contributed by atoms with Gasteiger partial charge in [-0.15, -0.1) is 0 Å². The molecule has 1 N–H and O–H groups in total. The Balaban J connectivity index is 4.50. The standard InChI is InChI=1S/C13H25N3O3/c1-8-14-11(16(6)10(2)18-7)9-15-12(17)19-13(3,4)5/h8,10H,1,9H2,2-7H3,(H,15,17). The SMILES string of the molecule is C=CN=C(CNC(=O)OC(C)(C)C)N(C)C(C)OC. The van der Waals surface area contributed by atoms with Crippen LogP contribution in [-0.4, -0.2) is 49.4 Å². The van der Waals surface area contributed by atoms with Crippen molar-refractivity contribution in [2.45, 2.75) is 39.5 Å². The van der Waals surface area contributed by atoms with Crippen molar-refractivity contribution in [3.05, 3.63) is 12.8 Å². The molecule has 110 valence electrons. The maximum atomic E-state index is 11.6. The van der Waals surface area contributed by atoms with Crippen LogP contribution in [0.1, 0.15) is 27.7 Å². The number of nitrogens with zero attached hydrogens (tertiary/aromatic N) is 2. The number of hydrogen-bond acceptors (Lipinski definition) is 4. The molecular weight excluding hydrogens is 246 g/mol. The molecule has 0 fully saturated rings. The third kappa shape index (κ3) is 7.46. The number of rotatable bonds is 5. The molecule has 1 unspecified atom stereocenters. The van der Waals surface area contributed by atoms with E-state index in [0.29, 0.717) is 5.84 Å². The molecule has 0 rings (SSSR count). The topological polar surface area (TPSA) is 63.2 Å². The second-order valence-corrected chi connectivity index (χ2v) is 5.03. The molecule has 0 aromatic carbocycles. The number of nitrogens with one attached hydrogen (secondary N) is 1. The fraction of sp³-hybridized carbons (Fsp3) is 0.692. The molecule has 19 heavy (non-hydrogen) atoms. The number of amidine groups is 1. The van der Waals surface area contributed by atoms with Gasteiger partial charge in [-0.1, -0.05) is 6.58 Å². The Bertz CT molecular complexity index is 335. The number of alkyl carbamates (subject to hydrolysis) is 1. The summed E-state index contributed by atoms with van der Waals surface area (Å²) in [4.78, 5) is 17.5. The highest BCUT2D eigenvalue weighted by molar-refractivity contribution is 5.87. The number of aliphatic imine (C=N–C) groups is 1. The van der Waals surface area contributed by atoms with Gasteiger partial charge in [0.15, 0.2) is 0 Å². The zero-order valence-electron chi connectivity index (χ0n) is 12.7. The van der Waals surface area contributed by atoms with E-state index in [1.807, 2.05) is 34.7 Å². The smallest absolute Gasteiger partial charge is 0.408 e. The highest BCUT2D eigenvalue weighted by atomic mass is 16.6. The van der Waals surface area contributed by atoms with Crippen LogP contribution in [0.5, 0.6) is 0 Å². The van der Waals surface area contributed by atoms with E-state index in [1.54, 1.807) is 12.0 Å². The average molecular weight is 271 g/mol. The minimum Gasteiger partial charge on any atom is -0.444 e. The van der Waals surface area contributed by atoms with Crippen LogP contribution in [0.25, 0.3) is 0 Å². The normalized spacial score (nSPS) is 13.7. The van der Waals surface area contributed by atoms with Crippen molar-refractivity contribution in [1.82, 2.24) is 10.2 Å². The Morgan fingerprint density at radius 2 is 2.11 bits per heavy atom. The van der Waals surface area contributed by atoms with Gasteiger partial charge in [0.2, 0.25) is 0 Å². The van der Waals surface area contributed by atoms with Gasteiger partial charge in [-0.2, -0.15) is 0 Å². The van der Waals surface area contributed by atoms with Crippen molar-refractivity contribution in [3.63, 3.8) is 0 Å². The molecule has 0 saturated heterocycles. The first-order valence-corrected chi connectivity index (χ1v) is 6.11. The molecule has 0 aliphatic rings. The lowest BCUT2D eigenvalue weighted by Gasteiger charge is -2.27. The van der Waals surface area contributed by atoms with Crippen molar-refractivity contribution < 1.29 is 14.3 Å². The molecule has 1 amide bonds. The molecule has 0 aliphatic carbocycles. The van der Waals surface area contributed by atoms with Gasteiger partial charge in [-0.25, -0.2) is 9.79 Å². The van der Waals surface area contributed by atoms with Gasteiger partial charge < -0.3 is 19.7 Å². The fourth-order valence-electron chi connectivity index (χ4n) is 1.20. The number of ether oxygens (including phenoxy) is 2. The number of hydrogen-bond donors (Lipinski definition) is 1. The first-order chi connectivity index (χ1) is 8.71. The Kier molecular flexibility index (Phi) is 7.14. The number of likely N-dealkylation sites (N-methyl/N-ethyl adjacent to an activating group) is 1. The largest absolute Gasteiger partial charge is 0.444 e. The van der Waals surface area contributed by atoms with Gasteiger partial charge in [0, 0.05) is 20.4 Å².